The number of esters is 1. The molecule has 2 heterocycles. The van der Waals surface area contributed by atoms with Gasteiger partial charge in [-0.3, -0.25) is 4.98 Å². The second kappa shape index (κ2) is 11.8. The first-order valence-corrected chi connectivity index (χ1v) is 12.4. The molecule has 1 fully saturated rings. The lowest BCUT2D eigenvalue weighted by molar-refractivity contribution is 0.0124. The fourth-order valence-corrected chi connectivity index (χ4v) is 4.81. The van der Waals surface area contributed by atoms with Crippen molar-refractivity contribution in [2.45, 2.75) is 31.8 Å². The molecule has 0 unspecified atom stereocenters. The largest absolute Gasteiger partial charge is 0.489 e. The molecular weight excluding hydrogens is 454 g/mol. The molecule has 34 heavy (non-hydrogen) atoms. The molecule has 0 bridgehead atoms. The van der Waals surface area contributed by atoms with Crippen LogP contribution in [0.4, 0.5) is 0 Å². The van der Waals surface area contributed by atoms with Crippen molar-refractivity contribution in [3.63, 3.8) is 0 Å². The van der Waals surface area contributed by atoms with Crippen molar-refractivity contribution < 1.29 is 28.5 Å². The van der Waals surface area contributed by atoms with Crippen molar-refractivity contribution >= 4 is 27.4 Å². The Balaban J connectivity index is 1.27. The molecule has 0 atom stereocenters. The summed E-state index contributed by atoms with van der Waals surface area (Å²) < 4.78 is 28.4. The Morgan fingerprint density at radius 1 is 1.03 bits per heavy atom. The number of thiophene rings is 1. The minimum atomic E-state index is -0.337. The van der Waals surface area contributed by atoms with Crippen molar-refractivity contribution in [3.8, 4) is 5.75 Å². The summed E-state index contributed by atoms with van der Waals surface area (Å²) in [6.07, 6.45) is 5.80. The van der Waals surface area contributed by atoms with Crippen LogP contribution in [0.3, 0.4) is 0 Å². The Morgan fingerprint density at radius 3 is 2.47 bits per heavy atom. The fourth-order valence-electron chi connectivity index (χ4n) is 3.82. The third-order valence-electron chi connectivity index (χ3n) is 5.96. The summed E-state index contributed by atoms with van der Waals surface area (Å²) in [5.74, 6) is 0.458. The van der Waals surface area contributed by atoms with Crippen LogP contribution < -0.4 is 4.74 Å². The molecule has 0 aliphatic heterocycles. The van der Waals surface area contributed by atoms with Crippen LogP contribution in [0.1, 0.15) is 40.6 Å². The molecule has 0 spiro atoms. The van der Waals surface area contributed by atoms with Gasteiger partial charge in [-0.25, -0.2) is 4.79 Å². The molecular formula is C26H31NO6S. The zero-order chi connectivity index (χ0) is 23.8. The van der Waals surface area contributed by atoms with E-state index in [0.717, 1.165) is 34.2 Å². The van der Waals surface area contributed by atoms with Crippen molar-refractivity contribution in [2.24, 2.45) is 0 Å². The molecule has 8 heteroatoms. The quantitative estimate of drug-likeness (QED) is 0.241. The van der Waals surface area contributed by atoms with Gasteiger partial charge in [0.25, 0.3) is 0 Å². The Bertz CT molecular complexity index is 1080. The maximum atomic E-state index is 11.9. The first kappa shape index (κ1) is 24.6. The third-order valence-corrected chi connectivity index (χ3v) is 7.01. The first-order valence-electron chi connectivity index (χ1n) is 11.6. The number of aromatic nitrogens is 1. The highest BCUT2D eigenvalue weighted by atomic mass is 32.1. The van der Waals surface area contributed by atoms with Gasteiger partial charge in [0.05, 0.1) is 44.8 Å². The SMILES string of the molecule is CCOCCOCCOCC1(c2ccc(OCc3cncc4sc(C(=O)OC)cc34)cc2)CC1. The molecule has 3 aromatic rings. The summed E-state index contributed by atoms with van der Waals surface area (Å²) in [6, 6.07) is 10.1. The molecule has 1 aromatic carbocycles. The van der Waals surface area contributed by atoms with Gasteiger partial charge in [0, 0.05) is 35.4 Å². The highest BCUT2D eigenvalue weighted by molar-refractivity contribution is 7.20. The Labute approximate surface area is 203 Å². The van der Waals surface area contributed by atoms with Crippen LogP contribution in [0, 0.1) is 0 Å². The van der Waals surface area contributed by atoms with Gasteiger partial charge >= 0.3 is 5.97 Å². The van der Waals surface area contributed by atoms with Gasteiger partial charge in [-0.05, 0) is 43.5 Å². The molecule has 1 aliphatic rings. The fraction of sp³-hybridized carbons (Fsp3) is 0.462. The lowest BCUT2D eigenvalue weighted by Crippen LogP contribution is -2.18. The van der Waals surface area contributed by atoms with E-state index in [1.165, 1.54) is 24.0 Å². The molecule has 0 N–H and O–H groups in total. The van der Waals surface area contributed by atoms with Gasteiger partial charge in [0.15, 0.2) is 0 Å². The molecule has 0 radical (unpaired) electrons. The number of hydrogen-bond donors (Lipinski definition) is 0. The van der Waals surface area contributed by atoms with E-state index in [2.05, 4.69) is 17.1 Å². The zero-order valence-corrected chi connectivity index (χ0v) is 20.5. The molecule has 2 aromatic heterocycles. The lowest BCUT2D eigenvalue weighted by Gasteiger charge is -2.17. The normalized spacial score (nSPS) is 14.3. The van der Waals surface area contributed by atoms with Gasteiger partial charge in [0.2, 0.25) is 0 Å². The number of pyridine rings is 1. The average Bonchev–Trinajstić information content (AvgIpc) is 3.53. The van der Waals surface area contributed by atoms with E-state index < -0.39 is 0 Å². The molecule has 1 aliphatic carbocycles. The molecule has 4 rings (SSSR count). The zero-order valence-electron chi connectivity index (χ0n) is 19.7. The number of ether oxygens (including phenoxy) is 5. The number of carbonyl (C=O) groups is 1. The molecule has 7 nitrogen and oxygen atoms in total. The van der Waals surface area contributed by atoms with E-state index in [0.29, 0.717) is 51.1 Å². The summed E-state index contributed by atoms with van der Waals surface area (Å²) >= 11 is 1.37. The van der Waals surface area contributed by atoms with Gasteiger partial charge in [-0.15, -0.1) is 11.3 Å². The molecule has 0 amide bonds. The first-order chi connectivity index (χ1) is 16.6. The van der Waals surface area contributed by atoms with E-state index in [1.54, 1.807) is 12.4 Å². The maximum Gasteiger partial charge on any atom is 0.348 e. The summed E-state index contributed by atoms with van der Waals surface area (Å²) in [6.45, 7) is 6.18. The van der Waals surface area contributed by atoms with Gasteiger partial charge in [0.1, 0.15) is 17.2 Å². The minimum Gasteiger partial charge on any atom is -0.489 e. The standard InChI is InChI=1S/C26H31NO6S/c1-3-30-10-11-31-12-13-32-18-26(8-9-26)20-4-6-21(7-5-20)33-17-19-15-27-16-24-22(19)14-23(34-24)25(28)29-2/h4-7,14-16H,3,8-13,17-18H2,1-2H3. The van der Waals surface area contributed by atoms with Crippen LogP contribution in [-0.4, -0.2) is 57.7 Å². The van der Waals surface area contributed by atoms with Crippen LogP contribution in [0.15, 0.2) is 42.7 Å². The molecule has 182 valence electrons. The minimum absolute atomic E-state index is 0.111. The number of benzene rings is 1. The number of nitrogens with zero attached hydrogens (tertiary/aromatic N) is 1. The monoisotopic (exact) mass is 485 g/mol. The number of rotatable bonds is 14. The van der Waals surface area contributed by atoms with Crippen LogP contribution in [0.25, 0.3) is 10.1 Å². The Kier molecular flexibility index (Phi) is 8.50. The number of carbonyl (C=O) groups excluding carboxylic acids is 1. The number of fused-ring (bicyclic) bond motifs is 1. The highest BCUT2D eigenvalue weighted by Crippen LogP contribution is 2.48. The highest BCUT2D eigenvalue weighted by Gasteiger charge is 2.44. The van der Waals surface area contributed by atoms with Crippen molar-refractivity contribution in [2.75, 3.05) is 46.8 Å². The van der Waals surface area contributed by atoms with Gasteiger partial charge in [-0.1, -0.05) is 12.1 Å². The van der Waals surface area contributed by atoms with E-state index in [-0.39, 0.29) is 11.4 Å². The topological polar surface area (TPSA) is 76.1 Å². The summed E-state index contributed by atoms with van der Waals surface area (Å²) in [7, 11) is 1.39. The van der Waals surface area contributed by atoms with Crippen molar-refractivity contribution in [1.29, 1.82) is 0 Å². The van der Waals surface area contributed by atoms with E-state index >= 15 is 0 Å². The predicted molar refractivity (Wildman–Crippen MR) is 131 cm³/mol. The Hall–Kier alpha value is -2.52. The van der Waals surface area contributed by atoms with Crippen LogP contribution in [0.5, 0.6) is 5.75 Å². The van der Waals surface area contributed by atoms with Crippen molar-refractivity contribution in [3.05, 3.63) is 58.7 Å². The third kappa shape index (κ3) is 6.13. The second-order valence-corrected chi connectivity index (χ2v) is 9.35. The summed E-state index contributed by atoms with van der Waals surface area (Å²) in [5, 5.41) is 0.966. The van der Waals surface area contributed by atoms with Gasteiger partial charge in [-0.2, -0.15) is 0 Å². The summed E-state index contributed by atoms with van der Waals surface area (Å²) in [5.41, 5.74) is 2.32. The number of hydrogen-bond acceptors (Lipinski definition) is 8. The maximum absolute atomic E-state index is 11.9. The summed E-state index contributed by atoms with van der Waals surface area (Å²) in [4.78, 5) is 16.7. The van der Waals surface area contributed by atoms with E-state index in [9.17, 15) is 4.79 Å². The average molecular weight is 486 g/mol. The second-order valence-electron chi connectivity index (χ2n) is 8.27. The van der Waals surface area contributed by atoms with E-state index in [4.69, 9.17) is 23.7 Å². The van der Waals surface area contributed by atoms with Crippen LogP contribution >= 0.6 is 11.3 Å². The number of methoxy groups -OCH3 is 1. The van der Waals surface area contributed by atoms with Crippen LogP contribution in [-0.2, 0) is 31.0 Å². The predicted octanol–water partition coefficient (Wildman–Crippen LogP) is 4.76. The lowest BCUT2D eigenvalue weighted by atomic mass is 9.97. The van der Waals surface area contributed by atoms with Gasteiger partial charge < -0.3 is 23.7 Å². The molecule has 1 saturated carbocycles. The van der Waals surface area contributed by atoms with Crippen LogP contribution in [0.2, 0.25) is 0 Å². The molecule has 0 saturated heterocycles. The van der Waals surface area contributed by atoms with E-state index in [1.807, 2.05) is 25.1 Å². The Morgan fingerprint density at radius 2 is 1.76 bits per heavy atom. The van der Waals surface area contributed by atoms with Crippen molar-refractivity contribution in [1.82, 2.24) is 4.98 Å². The smallest absolute Gasteiger partial charge is 0.348 e.